The summed E-state index contributed by atoms with van der Waals surface area (Å²) < 4.78 is 58.5. The molecule has 2 aromatic carbocycles. The Kier molecular flexibility index (Phi) is 5.90. The molecule has 3 aromatic rings. The maximum Gasteiger partial charge on any atom is 0.314 e. The van der Waals surface area contributed by atoms with E-state index in [1.807, 2.05) is 18.2 Å². The summed E-state index contributed by atoms with van der Waals surface area (Å²) in [7, 11) is -1.33. The quantitative estimate of drug-likeness (QED) is 0.591. The number of halogens is 3. The van der Waals surface area contributed by atoms with Crippen LogP contribution >= 0.6 is 0 Å². The Hall–Kier alpha value is -2.68. The Balaban J connectivity index is 1.87. The van der Waals surface area contributed by atoms with Crippen molar-refractivity contribution in [1.82, 2.24) is 10.2 Å². The molecule has 0 amide bonds. The monoisotopic (exact) mass is 395 g/mol. The van der Waals surface area contributed by atoms with Crippen LogP contribution in [0.15, 0.2) is 52.9 Å². The van der Waals surface area contributed by atoms with Crippen molar-refractivity contribution in [2.75, 3.05) is 10.1 Å². The predicted molar refractivity (Wildman–Crippen MR) is 96.0 cm³/mol. The molecule has 0 aliphatic heterocycles. The lowest BCUT2D eigenvalue weighted by molar-refractivity contribution is 0.116. The van der Waals surface area contributed by atoms with Crippen LogP contribution in [0.2, 0.25) is 0 Å². The first-order valence-corrected chi connectivity index (χ1v) is 9.38. The molecule has 0 aliphatic rings. The summed E-state index contributed by atoms with van der Waals surface area (Å²) in [5.74, 6) is -1.21. The fourth-order valence-corrected chi connectivity index (χ4v) is 3.39. The molecule has 3 rings (SSSR count). The second-order valence-electron chi connectivity index (χ2n) is 5.53. The van der Waals surface area contributed by atoms with Crippen molar-refractivity contribution in [3.05, 3.63) is 65.8 Å². The van der Waals surface area contributed by atoms with Gasteiger partial charge in [0.15, 0.2) is 0 Å². The highest BCUT2D eigenvalue weighted by atomic mass is 32.2. The molecule has 0 spiro atoms. The van der Waals surface area contributed by atoms with Crippen molar-refractivity contribution in [2.45, 2.75) is 19.9 Å². The number of nitrogens with zero attached hydrogens (tertiary/aromatic N) is 3. The van der Waals surface area contributed by atoms with Crippen LogP contribution in [0.4, 0.5) is 18.9 Å². The van der Waals surface area contributed by atoms with Crippen molar-refractivity contribution in [2.24, 2.45) is 0 Å². The van der Waals surface area contributed by atoms with E-state index in [-0.39, 0.29) is 18.0 Å². The number of hydrogen-bond acceptors (Lipinski definition) is 4. The normalized spacial score (nSPS) is 12.3. The molecule has 5 nitrogen and oxygen atoms in total. The Morgan fingerprint density at radius 1 is 1.15 bits per heavy atom. The van der Waals surface area contributed by atoms with E-state index in [9.17, 15) is 17.4 Å². The Bertz CT molecular complexity index is 935. The minimum Gasteiger partial charge on any atom is -0.415 e. The standard InChI is InChI=1S/C18H16F3N3O2S/c1-2-27(25)24(14-6-4-3-5-7-14)11-13-9-8-12(10-15(13)19)17-22-23-18(26-17)16(20)21/h3-10,16H,2,11H2,1H3. The summed E-state index contributed by atoms with van der Waals surface area (Å²) in [6, 6.07) is 13.2. The third-order valence-electron chi connectivity index (χ3n) is 3.78. The smallest absolute Gasteiger partial charge is 0.314 e. The van der Waals surface area contributed by atoms with Gasteiger partial charge in [0.1, 0.15) is 16.8 Å². The van der Waals surface area contributed by atoms with Crippen LogP contribution in [-0.4, -0.2) is 20.2 Å². The largest absolute Gasteiger partial charge is 0.415 e. The van der Waals surface area contributed by atoms with E-state index >= 15 is 0 Å². The van der Waals surface area contributed by atoms with Crippen molar-refractivity contribution in [1.29, 1.82) is 0 Å². The zero-order valence-corrected chi connectivity index (χ0v) is 15.1. The number of rotatable bonds is 7. The van der Waals surface area contributed by atoms with Crippen LogP contribution in [-0.2, 0) is 17.5 Å². The first kappa shape index (κ1) is 19.1. The van der Waals surface area contributed by atoms with Crippen molar-refractivity contribution >= 4 is 16.7 Å². The lowest BCUT2D eigenvalue weighted by atomic mass is 10.1. The fourth-order valence-electron chi connectivity index (χ4n) is 2.43. The van der Waals surface area contributed by atoms with Gasteiger partial charge in [0, 0.05) is 22.6 Å². The van der Waals surface area contributed by atoms with Gasteiger partial charge < -0.3 is 4.42 Å². The van der Waals surface area contributed by atoms with Gasteiger partial charge in [-0.15, -0.1) is 10.2 Å². The SMILES string of the molecule is CCS(=O)N(Cc1ccc(-c2nnc(C(F)F)o2)cc1F)c1ccccc1. The highest BCUT2D eigenvalue weighted by molar-refractivity contribution is 7.86. The average molecular weight is 395 g/mol. The highest BCUT2D eigenvalue weighted by Gasteiger charge is 2.19. The van der Waals surface area contributed by atoms with Crippen molar-refractivity contribution in [3.8, 4) is 11.5 Å². The maximum absolute atomic E-state index is 14.6. The summed E-state index contributed by atoms with van der Waals surface area (Å²) >= 11 is 0. The van der Waals surface area contributed by atoms with Gasteiger partial charge in [0.25, 0.3) is 5.89 Å². The molecular formula is C18H16F3N3O2S. The van der Waals surface area contributed by atoms with E-state index in [0.717, 1.165) is 6.07 Å². The van der Waals surface area contributed by atoms with Gasteiger partial charge in [-0.25, -0.2) is 8.60 Å². The first-order valence-electron chi connectivity index (χ1n) is 8.11. The summed E-state index contributed by atoms with van der Waals surface area (Å²) in [6.45, 7) is 1.87. The zero-order valence-electron chi connectivity index (χ0n) is 14.3. The van der Waals surface area contributed by atoms with Gasteiger partial charge in [0.2, 0.25) is 5.89 Å². The number of hydrogen-bond donors (Lipinski definition) is 0. The first-order chi connectivity index (χ1) is 13.0. The third kappa shape index (κ3) is 4.36. The van der Waals surface area contributed by atoms with Crippen molar-refractivity contribution in [3.63, 3.8) is 0 Å². The molecule has 0 saturated heterocycles. The molecule has 0 N–H and O–H groups in total. The van der Waals surface area contributed by atoms with Crippen LogP contribution in [0.3, 0.4) is 0 Å². The minimum absolute atomic E-state index is 0.0860. The molecule has 0 radical (unpaired) electrons. The molecule has 27 heavy (non-hydrogen) atoms. The van der Waals surface area contributed by atoms with Gasteiger partial charge in [0.05, 0.1) is 6.54 Å². The van der Waals surface area contributed by atoms with Crippen LogP contribution in [0.1, 0.15) is 24.8 Å². The molecule has 1 heterocycles. The lowest BCUT2D eigenvalue weighted by Gasteiger charge is -2.23. The Morgan fingerprint density at radius 3 is 2.48 bits per heavy atom. The molecule has 1 atom stereocenters. The Labute approximate surface area is 156 Å². The second-order valence-corrected chi connectivity index (χ2v) is 7.20. The average Bonchev–Trinajstić information content (AvgIpc) is 3.17. The Morgan fingerprint density at radius 2 is 1.89 bits per heavy atom. The van der Waals surface area contributed by atoms with E-state index in [0.29, 0.717) is 17.0 Å². The second kappa shape index (κ2) is 8.34. The zero-order chi connectivity index (χ0) is 19.4. The number of para-hydroxylation sites is 1. The molecule has 0 fully saturated rings. The fraction of sp³-hybridized carbons (Fsp3) is 0.222. The lowest BCUT2D eigenvalue weighted by Crippen LogP contribution is -2.26. The summed E-state index contributed by atoms with van der Waals surface area (Å²) in [5, 5.41) is 6.74. The van der Waals surface area contributed by atoms with Gasteiger partial charge in [-0.1, -0.05) is 31.2 Å². The maximum atomic E-state index is 14.6. The molecule has 0 saturated carbocycles. The van der Waals surface area contributed by atoms with E-state index < -0.39 is 29.1 Å². The predicted octanol–water partition coefficient (Wildman–Crippen LogP) is 4.50. The molecule has 1 unspecified atom stereocenters. The van der Waals surface area contributed by atoms with Crippen LogP contribution < -0.4 is 4.31 Å². The molecule has 142 valence electrons. The molecular weight excluding hydrogens is 379 g/mol. The van der Waals surface area contributed by atoms with Crippen molar-refractivity contribution < 1.29 is 21.8 Å². The molecule has 9 heteroatoms. The molecule has 0 bridgehead atoms. The molecule has 1 aromatic heterocycles. The van der Waals surface area contributed by atoms with E-state index in [4.69, 9.17) is 4.42 Å². The number of alkyl halides is 2. The molecule has 0 aliphatic carbocycles. The summed E-state index contributed by atoms with van der Waals surface area (Å²) in [6.07, 6.45) is -2.89. The number of benzene rings is 2. The van der Waals surface area contributed by atoms with Crippen LogP contribution in [0, 0.1) is 5.82 Å². The van der Waals surface area contributed by atoms with E-state index in [1.54, 1.807) is 23.4 Å². The topological polar surface area (TPSA) is 59.2 Å². The van der Waals surface area contributed by atoms with Gasteiger partial charge in [-0.2, -0.15) is 8.78 Å². The van der Waals surface area contributed by atoms with Gasteiger partial charge in [-0.05, 0) is 24.3 Å². The minimum atomic E-state index is -2.89. The van der Waals surface area contributed by atoms with Gasteiger partial charge in [-0.3, -0.25) is 4.31 Å². The number of aromatic nitrogens is 2. The van der Waals surface area contributed by atoms with Crippen LogP contribution in [0.5, 0.6) is 0 Å². The summed E-state index contributed by atoms with van der Waals surface area (Å²) in [4.78, 5) is 0. The van der Waals surface area contributed by atoms with E-state index in [1.165, 1.54) is 12.1 Å². The van der Waals surface area contributed by atoms with Gasteiger partial charge >= 0.3 is 6.43 Å². The highest BCUT2D eigenvalue weighted by Crippen LogP contribution is 2.26. The number of anilines is 1. The summed E-state index contributed by atoms with van der Waals surface area (Å²) in [5.41, 5.74) is 1.20. The van der Waals surface area contributed by atoms with Crippen LogP contribution in [0.25, 0.3) is 11.5 Å². The van der Waals surface area contributed by atoms with E-state index in [2.05, 4.69) is 10.2 Å². The third-order valence-corrected chi connectivity index (χ3v) is 5.10.